The Labute approximate surface area is 163 Å². The summed E-state index contributed by atoms with van der Waals surface area (Å²) in [5.74, 6) is -3.43. The van der Waals surface area contributed by atoms with E-state index >= 15 is 0 Å². The van der Waals surface area contributed by atoms with Gasteiger partial charge in [-0.25, -0.2) is 9.59 Å². The van der Waals surface area contributed by atoms with Gasteiger partial charge in [-0.1, -0.05) is 12.1 Å². The fraction of sp³-hybridized carbons (Fsp3) is 0.167. The highest BCUT2D eigenvalue weighted by atomic mass is 35.5. The zero-order valence-electron chi connectivity index (χ0n) is 14.2. The van der Waals surface area contributed by atoms with Crippen LogP contribution in [0.15, 0.2) is 48.5 Å². The summed E-state index contributed by atoms with van der Waals surface area (Å²) in [5, 5.41) is 19.8. The highest BCUT2D eigenvalue weighted by Crippen LogP contribution is 2.20. The van der Waals surface area contributed by atoms with Crippen molar-refractivity contribution in [3.63, 3.8) is 0 Å². The number of halogens is 1. The van der Waals surface area contributed by atoms with Crippen LogP contribution >= 0.6 is 11.6 Å². The van der Waals surface area contributed by atoms with Gasteiger partial charge in [0, 0.05) is 17.7 Å². The number of carbonyl (C=O) groups excluding carboxylic acids is 2. The zero-order valence-corrected chi connectivity index (χ0v) is 15.0. The maximum atomic E-state index is 12.1. The Balaban J connectivity index is 2.01. The Hall–Kier alpha value is -3.46. The molecule has 9 nitrogen and oxygen atoms in total. The van der Waals surface area contributed by atoms with E-state index in [9.17, 15) is 24.5 Å². The summed E-state index contributed by atoms with van der Waals surface area (Å²) >= 11 is 5.30. The number of nitrogens with zero attached hydrogens (tertiary/aromatic N) is 1. The molecule has 1 atom stereocenters. The van der Waals surface area contributed by atoms with Gasteiger partial charge in [-0.15, -0.1) is 11.6 Å². The van der Waals surface area contributed by atoms with Crippen LogP contribution in [0, 0.1) is 10.1 Å². The second-order valence-corrected chi connectivity index (χ2v) is 5.73. The summed E-state index contributed by atoms with van der Waals surface area (Å²) in [6.07, 6.45) is -1.54. The van der Waals surface area contributed by atoms with Crippen molar-refractivity contribution in [3.05, 3.63) is 75.3 Å². The molecule has 1 unspecified atom stereocenters. The molecule has 0 aromatic heterocycles. The van der Waals surface area contributed by atoms with Crippen LogP contribution in [-0.4, -0.2) is 33.8 Å². The topological polar surface area (TPSA) is 133 Å². The number of aliphatic carboxylic acids is 1. The van der Waals surface area contributed by atoms with Crippen LogP contribution < -0.4 is 0 Å². The molecule has 2 aromatic rings. The van der Waals surface area contributed by atoms with E-state index in [4.69, 9.17) is 26.2 Å². The third-order valence-electron chi connectivity index (χ3n) is 3.55. The van der Waals surface area contributed by atoms with Crippen molar-refractivity contribution in [1.29, 1.82) is 0 Å². The molecule has 0 aliphatic carbocycles. The van der Waals surface area contributed by atoms with E-state index in [2.05, 4.69) is 0 Å². The van der Waals surface area contributed by atoms with E-state index < -0.39 is 34.8 Å². The molecule has 2 rings (SSSR count). The third kappa shape index (κ3) is 5.52. The minimum atomic E-state index is -1.54. The molecule has 0 radical (unpaired) electrons. The number of non-ortho nitro benzene ring substituents is 1. The first-order valence-corrected chi connectivity index (χ1v) is 8.34. The van der Waals surface area contributed by atoms with Gasteiger partial charge in [0.1, 0.15) is 12.5 Å². The molecule has 0 amide bonds. The monoisotopic (exact) mass is 407 g/mol. The minimum absolute atomic E-state index is 0.0754. The molecule has 0 fully saturated rings. The van der Waals surface area contributed by atoms with Gasteiger partial charge >= 0.3 is 17.9 Å². The van der Waals surface area contributed by atoms with E-state index in [1.165, 1.54) is 48.5 Å². The van der Waals surface area contributed by atoms with Crippen molar-refractivity contribution in [2.45, 2.75) is 12.7 Å². The van der Waals surface area contributed by atoms with Gasteiger partial charge in [0.15, 0.2) is 0 Å². The van der Waals surface area contributed by atoms with Crippen LogP contribution in [-0.2, 0) is 25.7 Å². The second kappa shape index (κ2) is 9.47. The molecular formula is C18H14ClNO8. The lowest BCUT2D eigenvalue weighted by atomic mass is 10.1. The van der Waals surface area contributed by atoms with Gasteiger partial charge in [0.25, 0.3) is 5.69 Å². The number of nitro benzene ring substituents is 1. The van der Waals surface area contributed by atoms with Crippen molar-refractivity contribution in [1.82, 2.24) is 0 Å². The molecular weight excluding hydrogens is 394 g/mol. The van der Waals surface area contributed by atoms with Gasteiger partial charge in [-0.2, -0.15) is 0 Å². The minimum Gasteiger partial charge on any atom is -0.478 e. The average Bonchev–Trinajstić information content (AvgIpc) is 2.70. The van der Waals surface area contributed by atoms with Crippen LogP contribution in [0.2, 0.25) is 0 Å². The van der Waals surface area contributed by atoms with Crippen LogP contribution in [0.25, 0.3) is 0 Å². The van der Waals surface area contributed by atoms with E-state index in [1.807, 2.05) is 0 Å². The number of carboxylic acids is 1. The number of benzene rings is 2. The van der Waals surface area contributed by atoms with Crippen molar-refractivity contribution in [3.8, 4) is 0 Å². The van der Waals surface area contributed by atoms with Gasteiger partial charge in [0.05, 0.1) is 10.5 Å². The van der Waals surface area contributed by atoms with E-state index in [1.54, 1.807) is 0 Å². The SMILES string of the molecule is O=C(CCl)OC(C(=O)O)c1ccc(C(=O)OCc2ccc([N+](=O)[O-])cc2)cc1. The summed E-state index contributed by atoms with van der Waals surface area (Å²) in [6.45, 7) is -0.0936. The highest BCUT2D eigenvalue weighted by Gasteiger charge is 2.24. The van der Waals surface area contributed by atoms with Gasteiger partial charge in [-0.05, 0) is 29.8 Å². The maximum Gasteiger partial charge on any atom is 0.349 e. The van der Waals surface area contributed by atoms with Gasteiger partial charge in [-0.3, -0.25) is 14.9 Å². The molecule has 1 N–H and O–H groups in total. The summed E-state index contributed by atoms with van der Waals surface area (Å²) in [7, 11) is 0. The number of rotatable bonds is 8. The first-order valence-electron chi connectivity index (χ1n) is 7.80. The highest BCUT2D eigenvalue weighted by molar-refractivity contribution is 6.26. The predicted molar refractivity (Wildman–Crippen MR) is 95.8 cm³/mol. The van der Waals surface area contributed by atoms with Crippen LogP contribution in [0.3, 0.4) is 0 Å². The number of hydrogen-bond donors (Lipinski definition) is 1. The molecule has 28 heavy (non-hydrogen) atoms. The molecule has 0 spiro atoms. The molecule has 0 bridgehead atoms. The lowest BCUT2D eigenvalue weighted by molar-refractivity contribution is -0.384. The first-order chi connectivity index (χ1) is 13.3. The van der Waals surface area contributed by atoms with Gasteiger partial charge < -0.3 is 14.6 Å². The summed E-state index contributed by atoms with van der Waals surface area (Å²) in [4.78, 5) is 44.6. The van der Waals surface area contributed by atoms with Crippen molar-refractivity contribution in [2.24, 2.45) is 0 Å². The van der Waals surface area contributed by atoms with E-state index in [0.29, 0.717) is 5.56 Å². The Bertz CT molecular complexity index is 879. The number of hydrogen-bond acceptors (Lipinski definition) is 7. The Morgan fingerprint density at radius 3 is 2.18 bits per heavy atom. The summed E-state index contributed by atoms with van der Waals surface area (Å²) < 4.78 is 9.86. The molecule has 2 aromatic carbocycles. The third-order valence-corrected chi connectivity index (χ3v) is 3.77. The first kappa shape index (κ1) is 20.8. The number of carboxylic acid groups (broad SMARTS) is 1. The Kier molecular flexibility index (Phi) is 7.05. The molecule has 146 valence electrons. The fourth-order valence-corrected chi connectivity index (χ4v) is 2.23. The second-order valence-electron chi connectivity index (χ2n) is 5.46. The Morgan fingerprint density at radius 1 is 1.07 bits per heavy atom. The molecule has 10 heteroatoms. The fourth-order valence-electron chi connectivity index (χ4n) is 2.16. The molecule has 0 heterocycles. The van der Waals surface area contributed by atoms with Crippen LogP contribution in [0.1, 0.15) is 27.6 Å². The number of ether oxygens (including phenoxy) is 2. The molecule has 0 saturated heterocycles. The number of alkyl halides is 1. The summed E-state index contributed by atoms with van der Waals surface area (Å²) in [5.41, 5.74) is 0.791. The van der Waals surface area contributed by atoms with Crippen molar-refractivity contribution in [2.75, 3.05) is 5.88 Å². The number of carbonyl (C=O) groups is 3. The lowest BCUT2D eigenvalue weighted by Gasteiger charge is -2.13. The molecule has 0 aliphatic heterocycles. The van der Waals surface area contributed by atoms with Crippen LogP contribution in [0.4, 0.5) is 5.69 Å². The molecule has 0 aliphatic rings. The van der Waals surface area contributed by atoms with E-state index in [-0.39, 0.29) is 23.4 Å². The smallest absolute Gasteiger partial charge is 0.349 e. The largest absolute Gasteiger partial charge is 0.478 e. The zero-order chi connectivity index (χ0) is 20.7. The number of esters is 2. The lowest BCUT2D eigenvalue weighted by Crippen LogP contribution is -2.20. The molecule has 0 saturated carbocycles. The quantitative estimate of drug-likeness (QED) is 0.305. The maximum absolute atomic E-state index is 12.1. The van der Waals surface area contributed by atoms with Crippen molar-refractivity contribution < 1.29 is 33.9 Å². The normalized spacial score (nSPS) is 11.3. The summed E-state index contributed by atoms with van der Waals surface area (Å²) in [6, 6.07) is 10.8. The average molecular weight is 408 g/mol. The van der Waals surface area contributed by atoms with Gasteiger partial charge in [0.2, 0.25) is 6.10 Å². The van der Waals surface area contributed by atoms with Crippen LogP contribution in [0.5, 0.6) is 0 Å². The van der Waals surface area contributed by atoms with Crippen molar-refractivity contribution >= 4 is 35.2 Å². The number of nitro groups is 1. The van der Waals surface area contributed by atoms with E-state index in [0.717, 1.165) is 0 Å². The standard InChI is InChI=1S/C18H14ClNO8/c19-9-15(21)28-16(17(22)23)12-3-5-13(6-4-12)18(24)27-10-11-1-7-14(8-2-11)20(25)26/h1-8,16H,9-10H2,(H,22,23). The predicted octanol–water partition coefficient (Wildman–Crippen LogP) is 2.86. The Morgan fingerprint density at radius 2 is 1.68 bits per heavy atom.